The van der Waals surface area contributed by atoms with Gasteiger partial charge in [-0.3, -0.25) is 0 Å². The fourth-order valence-corrected chi connectivity index (χ4v) is 1.75. The molecule has 0 bridgehead atoms. The Hall–Kier alpha value is -1.95. The third-order valence-electron chi connectivity index (χ3n) is 2.33. The Morgan fingerprint density at radius 1 is 1.06 bits per heavy atom. The van der Waals surface area contributed by atoms with Crippen LogP contribution in [0.5, 0.6) is 11.5 Å². The molecule has 3 rings (SSSR count). The Morgan fingerprint density at radius 2 is 1.83 bits per heavy atom. The van der Waals surface area contributed by atoms with E-state index in [0.717, 1.165) is 0 Å². The maximum absolute atomic E-state index is 12.8. The zero-order chi connectivity index (χ0) is 12.8. The van der Waals surface area contributed by atoms with Crippen LogP contribution in [0, 0.1) is 0 Å². The second-order valence-corrected chi connectivity index (χ2v) is 3.94. The second-order valence-electron chi connectivity index (χ2n) is 3.55. The molecule has 0 fully saturated rings. The molecule has 0 saturated carbocycles. The highest BCUT2D eigenvalue weighted by atomic mass is 35.5. The van der Waals surface area contributed by atoms with Gasteiger partial charge in [0.2, 0.25) is 0 Å². The van der Waals surface area contributed by atoms with E-state index in [4.69, 9.17) is 11.6 Å². The Bertz CT molecular complexity index is 622. The van der Waals surface area contributed by atoms with Gasteiger partial charge < -0.3 is 9.47 Å². The Kier molecular flexibility index (Phi) is 2.34. The monoisotopic (exact) mass is 270 g/mol. The first-order valence-corrected chi connectivity index (χ1v) is 5.29. The molecule has 1 aromatic heterocycles. The molecule has 1 aromatic carbocycles. The van der Waals surface area contributed by atoms with Crippen molar-refractivity contribution in [2.24, 2.45) is 0 Å². The number of ether oxygens (including phenoxy) is 2. The molecule has 0 atom stereocenters. The van der Waals surface area contributed by atoms with Crippen LogP contribution >= 0.6 is 11.6 Å². The van der Waals surface area contributed by atoms with Crippen molar-refractivity contribution in [3.8, 4) is 22.8 Å². The molecule has 0 saturated heterocycles. The highest BCUT2D eigenvalue weighted by molar-refractivity contribution is 6.29. The molecule has 92 valence electrons. The van der Waals surface area contributed by atoms with Gasteiger partial charge in [0, 0.05) is 11.6 Å². The van der Waals surface area contributed by atoms with Crippen molar-refractivity contribution in [1.82, 2.24) is 9.97 Å². The summed E-state index contributed by atoms with van der Waals surface area (Å²) >= 11 is 5.73. The molecule has 0 radical (unpaired) electrons. The predicted molar refractivity (Wildman–Crippen MR) is 58.7 cm³/mol. The molecule has 18 heavy (non-hydrogen) atoms. The number of benzene rings is 1. The lowest BCUT2D eigenvalue weighted by molar-refractivity contribution is -0.286. The summed E-state index contributed by atoms with van der Waals surface area (Å²) < 4.78 is 34.3. The lowest BCUT2D eigenvalue weighted by Gasteiger charge is -2.04. The Balaban J connectivity index is 2.02. The summed E-state index contributed by atoms with van der Waals surface area (Å²) in [4.78, 5) is 7.73. The quantitative estimate of drug-likeness (QED) is 0.747. The van der Waals surface area contributed by atoms with Crippen molar-refractivity contribution in [2.75, 3.05) is 0 Å². The van der Waals surface area contributed by atoms with Crippen LogP contribution in [0.1, 0.15) is 0 Å². The number of rotatable bonds is 1. The maximum atomic E-state index is 12.8. The molecule has 4 nitrogen and oxygen atoms in total. The maximum Gasteiger partial charge on any atom is 0.586 e. The van der Waals surface area contributed by atoms with E-state index in [0.29, 0.717) is 11.3 Å². The van der Waals surface area contributed by atoms with Gasteiger partial charge in [0.15, 0.2) is 11.5 Å². The van der Waals surface area contributed by atoms with Crippen LogP contribution in [-0.4, -0.2) is 16.3 Å². The average molecular weight is 271 g/mol. The SMILES string of the molecule is FC1(F)Oc2ccc(-c3cc(Cl)ncn3)cc2O1. The molecule has 1 aliphatic rings. The van der Waals surface area contributed by atoms with Crippen molar-refractivity contribution in [2.45, 2.75) is 6.29 Å². The number of hydrogen-bond acceptors (Lipinski definition) is 4. The van der Waals surface area contributed by atoms with Crippen molar-refractivity contribution >= 4 is 11.6 Å². The van der Waals surface area contributed by atoms with E-state index < -0.39 is 6.29 Å². The largest absolute Gasteiger partial charge is 0.586 e. The Labute approximate surface area is 105 Å². The molecule has 7 heteroatoms. The highest BCUT2D eigenvalue weighted by Crippen LogP contribution is 2.42. The number of alkyl halides is 2. The third kappa shape index (κ3) is 1.95. The lowest BCUT2D eigenvalue weighted by atomic mass is 10.1. The minimum absolute atomic E-state index is 0.0103. The molecule has 1 aliphatic heterocycles. The van der Waals surface area contributed by atoms with Crippen molar-refractivity contribution in [3.63, 3.8) is 0 Å². The first kappa shape index (κ1) is 11.2. The fourth-order valence-electron chi connectivity index (χ4n) is 1.60. The zero-order valence-corrected chi connectivity index (χ0v) is 9.49. The molecular weight excluding hydrogens is 266 g/mol. The number of nitrogens with zero attached hydrogens (tertiary/aromatic N) is 2. The molecular formula is C11H5ClF2N2O2. The molecule has 0 amide bonds. The summed E-state index contributed by atoms with van der Waals surface area (Å²) in [6.45, 7) is 0. The van der Waals surface area contributed by atoms with Crippen LogP contribution in [0.15, 0.2) is 30.6 Å². The van der Waals surface area contributed by atoms with Gasteiger partial charge in [0.05, 0.1) is 5.69 Å². The van der Waals surface area contributed by atoms with Gasteiger partial charge in [-0.25, -0.2) is 9.97 Å². The van der Waals surface area contributed by atoms with E-state index in [9.17, 15) is 8.78 Å². The van der Waals surface area contributed by atoms with Gasteiger partial charge in [-0.1, -0.05) is 11.6 Å². The summed E-state index contributed by atoms with van der Waals surface area (Å²) in [5, 5.41) is 0.267. The predicted octanol–water partition coefficient (Wildman–Crippen LogP) is 3.12. The van der Waals surface area contributed by atoms with Crippen molar-refractivity contribution < 1.29 is 18.3 Å². The molecule has 2 aromatic rings. The van der Waals surface area contributed by atoms with Gasteiger partial charge >= 0.3 is 6.29 Å². The highest BCUT2D eigenvalue weighted by Gasteiger charge is 2.43. The topological polar surface area (TPSA) is 44.2 Å². The van der Waals surface area contributed by atoms with Crippen LogP contribution in [0.2, 0.25) is 5.15 Å². The third-order valence-corrected chi connectivity index (χ3v) is 2.54. The minimum atomic E-state index is -3.62. The van der Waals surface area contributed by atoms with Gasteiger partial charge in [-0.05, 0) is 18.2 Å². The number of fused-ring (bicyclic) bond motifs is 1. The van der Waals surface area contributed by atoms with Gasteiger partial charge in [-0.15, -0.1) is 8.78 Å². The molecule has 0 unspecified atom stereocenters. The van der Waals surface area contributed by atoms with E-state index in [1.807, 2.05) is 0 Å². The van der Waals surface area contributed by atoms with Crippen LogP contribution in [-0.2, 0) is 0 Å². The van der Waals surface area contributed by atoms with Gasteiger partial charge in [0.1, 0.15) is 11.5 Å². The van der Waals surface area contributed by atoms with Gasteiger partial charge in [-0.2, -0.15) is 0 Å². The van der Waals surface area contributed by atoms with Crippen LogP contribution in [0.3, 0.4) is 0 Å². The first-order valence-electron chi connectivity index (χ1n) is 4.91. The standard InChI is InChI=1S/C11H5ClF2N2O2/c12-10-4-7(15-5-16-10)6-1-2-8-9(3-6)18-11(13,14)17-8/h1-5H. The molecule has 0 aliphatic carbocycles. The van der Waals surface area contributed by atoms with Crippen molar-refractivity contribution in [3.05, 3.63) is 35.7 Å². The van der Waals surface area contributed by atoms with Crippen LogP contribution in [0.25, 0.3) is 11.3 Å². The smallest absolute Gasteiger partial charge is 0.395 e. The summed E-state index contributed by atoms with van der Waals surface area (Å²) in [7, 11) is 0. The van der Waals surface area contributed by atoms with E-state index >= 15 is 0 Å². The first-order chi connectivity index (χ1) is 8.53. The van der Waals surface area contributed by atoms with Crippen LogP contribution in [0.4, 0.5) is 8.78 Å². The van der Waals surface area contributed by atoms with Crippen molar-refractivity contribution in [1.29, 1.82) is 0 Å². The minimum Gasteiger partial charge on any atom is -0.395 e. The number of halogens is 3. The van der Waals surface area contributed by atoms with Crippen LogP contribution < -0.4 is 9.47 Å². The number of aromatic nitrogens is 2. The zero-order valence-electron chi connectivity index (χ0n) is 8.73. The second kappa shape index (κ2) is 3.78. The summed E-state index contributed by atoms with van der Waals surface area (Å²) in [5.74, 6) is -0.0452. The summed E-state index contributed by atoms with van der Waals surface area (Å²) in [6, 6.07) is 5.91. The normalized spacial score (nSPS) is 15.7. The average Bonchev–Trinajstić information content (AvgIpc) is 2.61. The summed E-state index contributed by atoms with van der Waals surface area (Å²) in [6.07, 6.45) is -2.33. The lowest BCUT2D eigenvalue weighted by Crippen LogP contribution is -2.25. The van der Waals surface area contributed by atoms with E-state index in [2.05, 4.69) is 19.4 Å². The van der Waals surface area contributed by atoms with E-state index in [1.54, 1.807) is 6.07 Å². The van der Waals surface area contributed by atoms with E-state index in [-0.39, 0.29) is 16.7 Å². The van der Waals surface area contributed by atoms with E-state index in [1.165, 1.54) is 24.5 Å². The van der Waals surface area contributed by atoms with Gasteiger partial charge in [0.25, 0.3) is 0 Å². The molecule has 2 heterocycles. The number of hydrogen-bond donors (Lipinski definition) is 0. The molecule has 0 spiro atoms. The molecule has 0 N–H and O–H groups in total. The fraction of sp³-hybridized carbons (Fsp3) is 0.0909. The summed E-state index contributed by atoms with van der Waals surface area (Å²) in [5.41, 5.74) is 1.09. The Morgan fingerprint density at radius 3 is 2.61 bits per heavy atom.